The van der Waals surface area contributed by atoms with Crippen LogP contribution in [0.3, 0.4) is 0 Å². The molecule has 5 heteroatoms. The molecule has 100 valence electrons. The van der Waals surface area contributed by atoms with Crippen LogP contribution in [0.25, 0.3) is 0 Å². The second-order valence-corrected chi connectivity index (χ2v) is 4.47. The average Bonchev–Trinajstić information content (AvgIpc) is 2.28. The van der Waals surface area contributed by atoms with Gasteiger partial charge in [-0.25, -0.2) is 4.79 Å². The molecule has 0 radical (unpaired) electrons. The van der Waals surface area contributed by atoms with E-state index in [-0.39, 0.29) is 0 Å². The van der Waals surface area contributed by atoms with E-state index in [1.165, 1.54) is 13.8 Å². The molecule has 0 atom stereocenters. The first-order chi connectivity index (χ1) is 8.39. The molecule has 3 N–H and O–H groups in total. The number of aliphatic carboxylic acids is 1. The van der Waals surface area contributed by atoms with Crippen molar-refractivity contribution < 1.29 is 19.4 Å². The lowest BCUT2D eigenvalue weighted by molar-refractivity contribution is -0.152. The minimum absolute atomic E-state index is 0.463. The molecule has 1 aromatic rings. The van der Waals surface area contributed by atoms with E-state index in [9.17, 15) is 4.79 Å². The van der Waals surface area contributed by atoms with Crippen LogP contribution < -0.4 is 15.2 Å². The largest absolute Gasteiger partial charge is 0.497 e. The van der Waals surface area contributed by atoms with Crippen molar-refractivity contribution in [2.24, 2.45) is 5.73 Å². The molecule has 18 heavy (non-hydrogen) atoms. The van der Waals surface area contributed by atoms with E-state index in [1.807, 2.05) is 6.07 Å². The van der Waals surface area contributed by atoms with Crippen LogP contribution in [0.4, 0.5) is 0 Å². The van der Waals surface area contributed by atoms with Crippen LogP contribution in [0.2, 0.25) is 0 Å². The minimum atomic E-state index is -1.29. The predicted molar refractivity (Wildman–Crippen MR) is 68.1 cm³/mol. The highest BCUT2D eigenvalue weighted by molar-refractivity contribution is 5.76. The van der Waals surface area contributed by atoms with Gasteiger partial charge in [-0.3, -0.25) is 0 Å². The SMILES string of the molecule is COc1cc(CCN)cc(OC(C)(C)C(=O)O)c1. The monoisotopic (exact) mass is 253 g/mol. The first-order valence-corrected chi connectivity index (χ1v) is 5.69. The van der Waals surface area contributed by atoms with Gasteiger partial charge in [-0.1, -0.05) is 0 Å². The summed E-state index contributed by atoms with van der Waals surface area (Å²) in [6.07, 6.45) is 0.682. The van der Waals surface area contributed by atoms with Gasteiger partial charge in [0.2, 0.25) is 0 Å². The van der Waals surface area contributed by atoms with Crippen LogP contribution in [0, 0.1) is 0 Å². The number of rotatable bonds is 6. The maximum absolute atomic E-state index is 11.0. The molecule has 0 aliphatic heterocycles. The molecule has 0 spiro atoms. The molecule has 0 aliphatic carbocycles. The van der Waals surface area contributed by atoms with Crippen LogP contribution in [-0.4, -0.2) is 30.3 Å². The molecule has 1 aromatic carbocycles. The van der Waals surface area contributed by atoms with Gasteiger partial charge in [-0.15, -0.1) is 0 Å². The highest BCUT2D eigenvalue weighted by atomic mass is 16.5. The number of ether oxygens (including phenoxy) is 2. The van der Waals surface area contributed by atoms with Crippen molar-refractivity contribution >= 4 is 5.97 Å². The third-order valence-corrected chi connectivity index (χ3v) is 2.50. The summed E-state index contributed by atoms with van der Waals surface area (Å²) < 4.78 is 10.6. The summed E-state index contributed by atoms with van der Waals surface area (Å²) in [4.78, 5) is 11.0. The maximum atomic E-state index is 11.0. The molecular formula is C13H19NO4. The Morgan fingerprint density at radius 3 is 2.44 bits per heavy atom. The van der Waals surface area contributed by atoms with Crippen LogP contribution in [0.5, 0.6) is 11.5 Å². The van der Waals surface area contributed by atoms with Gasteiger partial charge in [0.25, 0.3) is 0 Å². The van der Waals surface area contributed by atoms with E-state index in [2.05, 4.69) is 0 Å². The summed E-state index contributed by atoms with van der Waals surface area (Å²) in [6, 6.07) is 5.29. The number of hydrogen-bond acceptors (Lipinski definition) is 4. The zero-order chi connectivity index (χ0) is 13.8. The topological polar surface area (TPSA) is 81.8 Å². The predicted octanol–water partition coefficient (Wildman–Crippen LogP) is 1.44. The Hall–Kier alpha value is -1.75. The van der Waals surface area contributed by atoms with Gasteiger partial charge in [0.15, 0.2) is 5.60 Å². The van der Waals surface area contributed by atoms with Gasteiger partial charge in [-0.2, -0.15) is 0 Å². The molecule has 0 amide bonds. The number of hydrogen-bond donors (Lipinski definition) is 2. The van der Waals surface area contributed by atoms with Crippen molar-refractivity contribution in [3.05, 3.63) is 23.8 Å². The number of methoxy groups -OCH3 is 1. The zero-order valence-electron chi connectivity index (χ0n) is 10.9. The summed E-state index contributed by atoms with van der Waals surface area (Å²) in [5.74, 6) is 0.0630. The first kappa shape index (κ1) is 14.3. The zero-order valence-corrected chi connectivity index (χ0v) is 10.9. The molecule has 0 bridgehead atoms. The van der Waals surface area contributed by atoms with E-state index >= 15 is 0 Å². The molecule has 0 aromatic heterocycles. The molecule has 0 fully saturated rings. The summed E-state index contributed by atoms with van der Waals surface area (Å²) in [6.45, 7) is 3.50. The quantitative estimate of drug-likeness (QED) is 0.801. The van der Waals surface area contributed by atoms with Gasteiger partial charge < -0.3 is 20.3 Å². The van der Waals surface area contributed by atoms with Crippen LogP contribution in [0.15, 0.2) is 18.2 Å². The fourth-order valence-corrected chi connectivity index (χ4v) is 1.46. The van der Waals surface area contributed by atoms with Gasteiger partial charge in [0.1, 0.15) is 11.5 Å². The van der Waals surface area contributed by atoms with Crippen molar-refractivity contribution in [2.75, 3.05) is 13.7 Å². The smallest absolute Gasteiger partial charge is 0.347 e. The van der Waals surface area contributed by atoms with E-state index in [0.29, 0.717) is 24.5 Å². The number of benzene rings is 1. The normalized spacial score (nSPS) is 11.1. The maximum Gasteiger partial charge on any atom is 0.347 e. The highest BCUT2D eigenvalue weighted by Crippen LogP contribution is 2.26. The third kappa shape index (κ3) is 3.63. The number of carbonyl (C=O) groups is 1. The summed E-state index contributed by atoms with van der Waals surface area (Å²) in [5.41, 5.74) is 5.17. The third-order valence-electron chi connectivity index (χ3n) is 2.50. The van der Waals surface area contributed by atoms with Crippen LogP contribution in [0.1, 0.15) is 19.4 Å². The molecule has 1 rings (SSSR count). The highest BCUT2D eigenvalue weighted by Gasteiger charge is 2.29. The fourth-order valence-electron chi connectivity index (χ4n) is 1.46. The van der Waals surface area contributed by atoms with E-state index < -0.39 is 11.6 Å². The van der Waals surface area contributed by atoms with Crippen molar-refractivity contribution in [3.63, 3.8) is 0 Å². The lowest BCUT2D eigenvalue weighted by atomic mass is 10.1. The standard InChI is InChI=1S/C13H19NO4/c1-13(2,12(15)16)18-11-7-9(4-5-14)6-10(8-11)17-3/h6-8H,4-5,14H2,1-3H3,(H,15,16). The Kier molecular flexibility index (Phi) is 4.55. The Morgan fingerprint density at radius 1 is 1.33 bits per heavy atom. The Morgan fingerprint density at radius 2 is 1.94 bits per heavy atom. The van der Waals surface area contributed by atoms with E-state index in [0.717, 1.165) is 5.56 Å². The van der Waals surface area contributed by atoms with Crippen LogP contribution in [-0.2, 0) is 11.2 Å². The minimum Gasteiger partial charge on any atom is -0.497 e. The van der Waals surface area contributed by atoms with Gasteiger partial charge in [0.05, 0.1) is 7.11 Å². The van der Waals surface area contributed by atoms with Gasteiger partial charge >= 0.3 is 5.97 Å². The Bertz CT molecular complexity index is 429. The van der Waals surface area contributed by atoms with Crippen molar-refractivity contribution in [1.29, 1.82) is 0 Å². The van der Waals surface area contributed by atoms with Gasteiger partial charge in [-0.05, 0) is 44.5 Å². The van der Waals surface area contributed by atoms with Crippen molar-refractivity contribution in [1.82, 2.24) is 0 Å². The summed E-state index contributed by atoms with van der Waals surface area (Å²) >= 11 is 0. The molecule has 0 unspecified atom stereocenters. The van der Waals surface area contributed by atoms with Gasteiger partial charge in [0, 0.05) is 6.07 Å². The van der Waals surface area contributed by atoms with E-state index in [1.54, 1.807) is 19.2 Å². The van der Waals surface area contributed by atoms with E-state index in [4.69, 9.17) is 20.3 Å². The molecule has 0 aliphatic rings. The van der Waals surface area contributed by atoms with Crippen molar-refractivity contribution in [3.8, 4) is 11.5 Å². The lowest BCUT2D eigenvalue weighted by Crippen LogP contribution is -2.37. The van der Waals surface area contributed by atoms with Crippen LogP contribution >= 0.6 is 0 Å². The summed E-state index contributed by atoms with van der Waals surface area (Å²) in [5, 5.41) is 9.03. The molecule has 0 saturated heterocycles. The second-order valence-electron chi connectivity index (χ2n) is 4.47. The molecule has 5 nitrogen and oxygen atoms in total. The fraction of sp³-hybridized carbons (Fsp3) is 0.462. The number of carboxylic acid groups (broad SMARTS) is 1. The lowest BCUT2D eigenvalue weighted by Gasteiger charge is -2.22. The van der Waals surface area contributed by atoms with Crippen molar-refractivity contribution in [2.45, 2.75) is 25.9 Å². The summed E-state index contributed by atoms with van der Waals surface area (Å²) in [7, 11) is 1.55. The molecule has 0 heterocycles. The molecular weight excluding hydrogens is 234 g/mol. The Labute approximate surface area is 107 Å². The second kappa shape index (κ2) is 5.73. The number of nitrogens with two attached hydrogens (primary N) is 1. The average molecular weight is 253 g/mol. The Balaban J connectivity index is 3.01. The molecule has 0 saturated carbocycles. The first-order valence-electron chi connectivity index (χ1n) is 5.69. The number of carboxylic acids is 1.